The predicted octanol–water partition coefficient (Wildman–Crippen LogP) is 2.51. The third-order valence-electron chi connectivity index (χ3n) is 5.07. The fourth-order valence-electron chi connectivity index (χ4n) is 3.41. The maximum absolute atomic E-state index is 12.2. The fraction of sp³-hybridized carbons (Fsp3) is 0.364. The van der Waals surface area contributed by atoms with Crippen molar-refractivity contribution in [2.24, 2.45) is 0 Å². The van der Waals surface area contributed by atoms with Crippen LogP contribution in [0.1, 0.15) is 34.3 Å². The Morgan fingerprint density at radius 2 is 1.64 bits per heavy atom. The summed E-state index contributed by atoms with van der Waals surface area (Å²) in [5, 5.41) is 8.56. The number of likely N-dealkylation sites (tertiary alicyclic amines) is 1. The summed E-state index contributed by atoms with van der Waals surface area (Å²) in [6.45, 7) is 3.38. The summed E-state index contributed by atoms with van der Waals surface area (Å²) in [4.78, 5) is 26.2. The molecule has 1 aliphatic heterocycles. The van der Waals surface area contributed by atoms with Crippen molar-refractivity contribution in [3.8, 4) is 0 Å². The Hall–Kier alpha value is -2.86. The third kappa shape index (κ3) is 5.82. The molecule has 1 aliphatic rings. The van der Waals surface area contributed by atoms with Gasteiger partial charge in [0.15, 0.2) is 0 Å². The molecule has 6 nitrogen and oxygen atoms in total. The predicted molar refractivity (Wildman–Crippen MR) is 110 cm³/mol. The van der Waals surface area contributed by atoms with Crippen LogP contribution in [0.2, 0.25) is 0 Å². The Bertz CT molecular complexity index is 769. The van der Waals surface area contributed by atoms with E-state index in [1.165, 1.54) is 5.56 Å². The quantitative estimate of drug-likeness (QED) is 0.721. The highest BCUT2D eigenvalue weighted by atomic mass is 16.2. The SMILES string of the molecule is CNC(=O)c1ccc(CNC(=O)NC2CCN(Cc3ccccc3)CC2)cc1. The molecule has 0 spiro atoms. The molecule has 3 amide bonds. The van der Waals surface area contributed by atoms with E-state index in [2.05, 4.69) is 45.1 Å². The number of carbonyl (C=O) groups is 2. The lowest BCUT2D eigenvalue weighted by Crippen LogP contribution is -2.47. The zero-order valence-electron chi connectivity index (χ0n) is 16.3. The van der Waals surface area contributed by atoms with E-state index in [4.69, 9.17) is 0 Å². The second kappa shape index (κ2) is 9.90. The van der Waals surface area contributed by atoms with Crippen molar-refractivity contribution in [1.29, 1.82) is 0 Å². The van der Waals surface area contributed by atoms with Gasteiger partial charge in [0.1, 0.15) is 0 Å². The molecular weight excluding hydrogens is 352 g/mol. The van der Waals surface area contributed by atoms with Crippen LogP contribution in [0.3, 0.4) is 0 Å². The molecule has 0 saturated carbocycles. The van der Waals surface area contributed by atoms with Crippen molar-refractivity contribution in [3.63, 3.8) is 0 Å². The van der Waals surface area contributed by atoms with E-state index >= 15 is 0 Å². The molecule has 2 aromatic rings. The maximum Gasteiger partial charge on any atom is 0.315 e. The monoisotopic (exact) mass is 380 g/mol. The molecule has 0 unspecified atom stereocenters. The van der Waals surface area contributed by atoms with Gasteiger partial charge in [-0.1, -0.05) is 42.5 Å². The molecule has 1 fully saturated rings. The number of rotatable bonds is 6. The minimum absolute atomic E-state index is 0.115. The van der Waals surface area contributed by atoms with Crippen molar-refractivity contribution in [2.45, 2.75) is 32.0 Å². The zero-order valence-corrected chi connectivity index (χ0v) is 16.3. The molecule has 3 N–H and O–H groups in total. The van der Waals surface area contributed by atoms with Gasteiger partial charge in [-0.3, -0.25) is 9.69 Å². The smallest absolute Gasteiger partial charge is 0.315 e. The fourth-order valence-corrected chi connectivity index (χ4v) is 3.41. The van der Waals surface area contributed by atoms with Gasteiger partial charge in [-0.05, 0) is 36.1 Å². The molecule has 0 aliphatic carbocycles. The number of benzene rings is 2. The van der Waals surface area contributed by atoms with Crippen LogP contribution < -0.4 is 16.0 Å². The van der Waals surface area contributed by atoms with Crippen molar-refractivity contribution >= 4 is 11.9 Å². The summed E-state index contributed by atoms with van der Waals surface area (Å²) < 4.78 is 0. The highest BCUT2D eigenvalue weighted by Gasteiger charge is 2.20. The van der Waals surface area contributed by atoms with E-state index in [9.17, 15) is 9.59 Å². The summed E-state index contributed by atoms with van der Waals surface area (Å²) in [6.07, 6.45) is 1.92. The molecule has 6 heteroatoms. The molecule has 0 atom stereocenters. The molecule has 1 heterocycles. The van der Waals surface area contributed by atoms with Gasteiger partial charge in [-0.15, -0.1) is 0 Å². The van der Waals surface area contributed by atoms with Gasteiger partial charge in [0.2, 0.25) is 0 Å². The summed E-state index contributed by atoms with van der Waals surface area (Å²) in [7, 11) is 1.61. The van der Waals surface area contributed by atoms with Crippen LogP contribution in [-0.2, 0) is 13.1 Å². The first-order chi connectivity index (χ1) is 13.6. The molecular formula is C22H28N4O2. The van der Waals surface area contributed by atoms with Gasteiger partial charge >= 0.3 is 6.03 Å². The average Bonchev–Trinajstić information content (AvgIpc) is 2.74. The number of amides is 3. The number of nitrogens with zero attached hydrogens (tertiary/aromatic N) is 1. The number of nitrogens with one attached hydrogen (secondary N) is 3. The van der Waals surface area contributed by atoms with Gasteiger partial charge < -0.3 is 16.0 Å². The van der Waals surface area contributed by atoms with Gasteiger partial charge in [0.25, 0.3) is 5.91 Å². The van der Waals surface area contributed by atoms with Crippen LogP contribution >= 0.6 is 0 Å². The van der Waals surface area contributed by atoms with Crippen molar-refractivity contribution < 1.29 is 9.59 Å². The topological polar surface area (TPSA) is 73.5 Å². The summed E-state index contributed by atoms with van der Waals surface area (Å²) >= 11 is 0. The number of piperidine rings is 1. The summed E-state index contributed by atoms with van der Waals surface area (Å²) in [6, 6.07) is 17.8. The molecule has 28 heavy (non-hydrogen) atoms. The third-order valence-corrected chi connectivity index (χ3v) is 5.07. The Morgan fingerprint density at radius 1 is 0.964 bits per heavy atom. The van der Waals surface area contributed by atoms with Crippen molar-refractivity contribution in [2.75, 3.05) is 20.1 Å². The molecule has 0 aromatic heterocycles. The van der Waals surface area contributed by atoms with Crippen LogP contribution in [0.4, 0.5) is 4.79 Å². The minimum atomic E-state index is -0.142. The van der Waals surface area contributed by atoms with Crippen molar-refractivity contribution in [1.82, 2.24) is 20.9 Å². The lowest BCUT2D eigenvalue weighted by molar-refractivity contribution is 0.0963. The number of hydrogen-bond acceptors (Lipinski definition) is 3. The Labute approximate surface area is 166 Å². The minimum Gasteiger partial charge on any atom is -0.355 e. The van der Waals surface area contributed by atoms with E-state index in [-0.39, 0.29) is 18.0 Å². The van der Waals surface area contributed by atoms with E-state index in [1.807, 2.05) is 18.2 Å². The van der Waals surface area contributed by atoms with Crippen LogP contribution in [-0.4, -0.2) is 43.0 Å². The maximum atomic E-state index is 12.2. The van der Waals surface area contributed by atoms with Crippen LogP contribution in [0, 0.1) is 0 Å². The molecule has 2 aromatic carbocycles. The zero-order chi connectivity index (χ0) is 19.8. The highest BCUT2D eigenvalue weighted by molar-refractivity contribution is 5.93. The summed E-state index contributed by atoms with van der Waals surface area (Å²) in [5.41, 5.74) is 2.90. The van der Waals surface area contributed by atoms with E-state index in [0.29, 0.717) is 12.1 Å². The van der Waals surface area contributed by atoms with Gasteiger partial charge in [-0.25, -0.2) is 4.79 Å². The molecule has 148 valence electrons. The first kappa shape index (κ1) is 19.9. The second-order valence-corrected chi connectivity index (χ2v) is 7.14. The van der Waals surface area contributed by atoms with Crippen LogP contribution in [0.15, 0.2) is 54.6 Å². The van der Waals surface area contributed by atoms with E-state index in [1.54, 1.807) is 19.2 Å². The number of carbonyl (C=O) groups excluding carboxylic acids is 2. The van der Waals surface area contributed by atoms with Crippen LogP contribution in [0.5, 0.6) is 0 Å². The average molecular weight is 380 g/mol. The van der Waals surface area contributed by atoms with Crippen molar-refractivity contribution in [3.05, 3.63) is 71.3 Å². The number of urea groups is 1. The highest BCUT2D eigenvalue weighted by Crippen LogP contribution is 2.14. The Balaban J connectivity index is 1.37. The van der Waals surface area contributed by atoms with E-state index in [0.717, 1.165) is 38.0 Å². The Morgan fingerprint density at radius 3 is 2.29 bits per heavy atom. The Kier molecular flexibility index (Phi) is 7.03. The van der Waals surface area contributed by atoms with E-state index < -0.39 is 0 Å². The molecule has 0 radical (unpaired) electrons. The lowest BCUT2D eigenvalue weighted by atomic mass is 10.0. The molecule has 1 saturated heterocycles. The second-order valence-electron chi connectivity index (χ2n) is 7.14. The van der Waals surface area contributed by atoms with Gasteiger partial charge in [0.05, 0.1) is 0 Å². The standard InChI is InChI=1S/C22H28N4O2/c1-23-21(27)19-9-7-17(8-10-19)15-24-22(28)25-20-11-13-26(14-12-20)16-18-5-3-2-4-6-18/h2-10,20H,11-16H2,1H3,(H,23,27)(H2,24,25,28). The van der Waals surface area contributed by atoms with Gasteiger partial charge in [0, 0.05) is 44.8 Å². The number of hydrogen-bond donors (Lipinski definition) is 3. The largest absolute Gasteiger partial charge is 0.355 e. The molecule has 3 rings (SSSR count). The molecule has 0 bridgehead atoms. The first-order valence-corrected chi connectivity index (χ1v) is 9.75. The van der Waals surface area contributed by atoms with Crippen LogP contribution in [0.25, 0.3) is 0 Å². The first-order valence-electron chi connectivity index (χ1n) is 9.75. The summed E-state index contributed by atoms with van der Waals surface area (Å²) in [5.74, 6) is -0.115. The van der Waals surface area contributed by atoms with Gasteiger partial charge in [-0.2, -0.15) is 0 Å². The lowest BCUT2D eigenvalue weighted by Gasteiger charge is -2.32. The normalized spacial score (nSPS) is 15.0.